The van der Waals surface area contributed by atoms with Gasteiger partial charge in [0.1, 0.15) is 11.6 Å². The van der Waals surface area contributed by atoms with Crippen molar-refractivity contribution >= 4 is 44.5 Å². The van der Waals surface area contributed by atoms with Crippen LogP contribution in [-0.2, 0) is 14.6 Å². The van der Waals surface area contributed by atoms with Crippen LogP contribution in [0.1, 0.15) is 16.7 Å². The highest BCUT2D eigenvalue weighted by atomic mass is 32.2. The summed E-state index contributed by atoms with van der Waals surface area (Å²) in [6.07, 6.45) is 4.55. The van der Waals surface area contributed by atoms with E-state index in [1.807, 2.05) is 6.07 Å². The Morgan fingerprint density at radius 1 is 1.14 bits per heavy atom. The lowest BCUT2D eigenvalue weighted by molar-refractivity contribution is -0.112. The summed E-state index contributed by atoms with van der Waals surface area (Å²) >= 11 is 0. The van der Waals surface area contributed by atoms with E-state index < -0.39 is 15.7 Å². The van der Waals surface area contributed by atoms with Crippen LogP contribution in [-0.4, -0.2) is 19.3 Å². The monoisotopic (exact) mass is 400 g/mol. The number of fused-ring (bicyclic) bond motifs is 2. The van der Waals surface area contributed by atoms with Crippen molar-refractivity contribution in [3.63, 3.8) is 0 Å². The summed E-state index contributed by atoms with van der Waals surface area (Å²) in [6, 6.07) is 13.5. The van der Waals surface area contributed by atoms with E-state index in [1.54, 1.807) is 36.5 Å². The molecule has 0 spiro atoms. The zero-order valence-corrected chi connectivity index (χ0v) is 15.6. The molecule has 1 aliphatic rings. The zero-order chi connectivity index (χ0) is 20.6. The van der Waals surface area contributed by atoms with E-state index in [0.717, 1.165) is 10.9 Å². The number of amides is 1. The van der Waals surface area contributed by atoms with Gasteiger partial charge in [-0.3, -0.25) is 4.79 Å². The zero-order valence-electron chi connectivity index (χ0n) is 14.8. The number of nitrogens with zero attached hydrogens (tertiary/aromatic N) is 2. The van der Waals surface area contributed by atoms with E-state index in [2.05, 4.69) is 16.4 Å². The van der Waals surface area contributed by atoms with Crippen LogP contribution in [0.4, 0.5) is 5.69 Å². The van der Waals surface area contributed by atoms with Crippen molar-refractivity contribution in [2.75, 3.05) is 5.32 Å². The topological polar surface area (TPSA) is 127 Å². The van der Waals surface area contributed by atoms with Gasteiger partial charge in [0, 0.05) is 33.8 Å². The van der Waals surface area contributed by atoms with Crippen molar-refractivity contribution < 1.29 is 13.2 Å². The number of sulfone groups is 1. The highest BCUT2D eigenvalue weighted by Crippen LogP contribution is 2.29. The van der Waals surface area contributed by atoms with Gasteiger partial charge in [-0.05, 0) is 48.0 Å². The molecule has 8 heteroatoms. The molecule has 4 rings (SSSR count). The van der Waals surface area contributed by atoms with Crippen molar-refractivity contribution in [1.82, 2.24) is 4.98 Å². The van der Waals surface area contributed by atoms with E-state index in [4.69, 9.17) is 5.26 Å². The molecular weight excluding hydrogens is 388 g/mol. The predicted octanol–water partition coefficient (Wildman–Crippen LogP) is 3.34. The molecule has 1 aliphatic heterocycles. The Hall–Kier alpha value is -4.14. The van der Waals surface area contributed by atoms with Crippen molar-refractivity contribution in [3.8, 4) is 12.1 Å². The van der Waals surface area contributed by atoms with E-state index in [0.29, 0.717) is 22.1 Å². The number of rotatable bonds is 3. The Labute approximate surface area is 166 Å². The van der Waals surface area contributed by atoms with E-state index in [-0.39, 0.29) is 16.2 Å². The molecule has 0 atom stereocenters. The van der Waals surface area contributed by atoms with Gasteiger partial charge in [-0.15, -0.1) is 0 Å². The first-order valence-corrected chi connectivity index (χ1v) is 9.97. The van der Waals surface area contributed by atoms with Crippen LogP contribution in [0.15, 0.2) is 58.5 Å². The molecule has 3 aromatic rings. The maximum atomic E-state index is 12.6. The number of carbonyl (C=O) groups excluding carboxylic acids is 1. The predicted molar refractivity (Wildman–Crippen MR) is 108 cm³/mol. The second-order valence-electron chi connectivity index (χ2n) is 6.34. The van der Waals surface area contributed by atoms with Crippen LogP contribution in [0.5, 0.6) is 0 Å². The molecule has 0 fully saturated rings. The summed E-state index contributed by atoms with van der Waals surface area (Å²) in [4.78, 5) is 15.7. The second-order valence-corrected chi connectivity index (χ2v) is 8.14. The fourth-order valence-electron chi connectivity index (χ4n) is 3.07. The quantitative estimate of drug-likeness (QED) is 0.515. The van der Waals surface area contributed by atoms with Gasteiger partial charge in [0.05, 0.1) is 16.5 Å². The summed E-state index contributed by atoms with van der Waals surface area (Å²) < 4.78 is 24.0. The standard InChI is InChI=1S/C21H12N4O3S/c22-10-13-1-4-19-18(7-13)16(12-24-19)8-15(11-23)21(26)25-17-3-2-14-5-6-29(27,28)20(14)9-17/h1-9,12,24H,(H,25,26)/b15-8+. The summed E-state index contributed by atoms with van der Waals surface area (Å²) in [6.45, 7) is 0. The highest BCUT2D eigenvalue weighted by molar-refractivity contribution is 7.94. The Morgan fingerprint density at radius 2 is 1.97 bits per heavy atom. The van der Waals surface area contributed by atoms with Gasteiger partial charge in [-0.1, -0.05) is 6.07 Å². The van der Waals surface area contributed by atoms with Crippen LogP contribution in [0, 0.1) is 22.7 Å². The van der Waals surface area contributed by atoms with E-state index in [9.17, 15) is 18.5 Å². The van der Waals surface area contributed by atoms with Crippen molar-refractivity contribution in [3.05, 3.63) is 70.3 Å². The summed E-state index contributed by atoms with van der Waals surface area (Å²) in [5, 5.41) is 22.9. The minimum atomic E-state index is -3.50. The van der Waals surface area contributed by atoms with Gasteiger partial charge in [-0.2, -0.15) is 10.5 Å². The summed E-state index contributed by atoms with van der Waals surface area (Å²) in [5.74, 6) is -0.665. The minimum absolute atomic E-state index is 0.110. The minimum Gasteiger partial charge on any atom is -0.361 e. The van der Waals surface area contributed by atoms with Crippen molar-refractivity contribution in [2.45, 2.75) is 4.90 Å². The molecule has 1 aromatic heterocycles. The summed E-state index contributed by atoms with van der Waals surface area (Å²) in [5.41, 5.74) is 2.48. The summed E-state index contributed by atoms with van der Waals surface area (Å²) in [7, 11) is -3.50. The third-order valence-corrected chi connectivity index (χ3v) is 5.97. The lowest BCUT2D eigenvalue weighted by atomic mass is 10.1. The fourth-order valence-corrected chi connectivity index (χ4v) is 4.29. The maximum absolute atomic E-state index is 12.6. The van der Waals surface area contributed by atoms with Crippen LogP contribution >= 0.6 is 0 Å². The molecule has 2 heterocycles. The van der Waals surface area contributed by atoms with Crippen molar-refractivity contribution in [1.29, 1.82) is 10.5 Å². The smallest absolute Gasteiger partial charge is 0.266 e. The molecule has 0 saturated heterocycles. The Balaban J connectivity index is 1.65. The maximum Gasteiger partial charge on any atom is 0.266 e. The van der Waals surface area contributed by atoms with Crippen LogP contribution in [0.25, 0.3) is 23.1 Å². The van der Waals surface area contributed by atoms with Crippen LogP contribution in [0.3, 0.4) is 0 Å². The van der Waals surface area contributed by atoms with Crippen LogP contribution in [0.2, 0.25) is 0 Å². The lowest BCUT2D eigenvalue weighted by Crippen LogP contribution is -2.13. The molecule has 0 bridgehead atoms. The Morgan fingerprint density at radius 3 is 2.72 bits per heavy atom. The largest absolute Gasteiger partial charge is 0.361 e. The number of nitriles is 2. The average molecular weight is 400 g/mol. The van der Waals surface area contributed by atoms with Crippen LogP contribution < -0.4 is 5.32 Å². The van der Waals surface area contributed by atoms with Gasteiger partial charge in [-0.25, -0.2) is 8.42 Å². The number of anilines is 1. The first-order valence-electron chi connectivity index (χ1n) is 8.43. The second kappa shape index (κ2) is 6.79. The number of H-pyrrole nitrogens is 1. The van der Waals surface area contributed by atoms with Gasteiger partial charge < -0.3 is 10.3 Å². The first kappa shape index (κ1) is 18.2. The third-order valence-electron chi connectivity index (χ3n) is 4.51. The molecule has 0 unspecified atom stereocenters. The Kier molecular flexibility index (Phi) is 4.27. The molecule has 2 N–H and O–H groups in total. The van der Waals surface area contributed by atoms with E-state index in [1.165, 1.54) is 18.2 Å². The van der Waals surface area contributed by atoms with Gasteiger partial charge in [0.25, 0.3) is 5.91 Å². The number of carbonyl (C=O) groups is 1. The Bertz CT molecular complexity index is 1430. The fraction of sp³-hybridized carbons (Fsp3) is 0. The molecular formula is C21H12N4O3S. The molecule has 29 heavy (non-hydrogen) atoms. The normalized spacial score (nSPS) is 14.2. The number of nitrogens with one attached hydrogen (secondary N) is 2. The third kappa shape index (κ3) is 3.29. The number of hydrogen-bond donors (Lipinski definition) is 2. The molecule has 2 aromatic carbocycles. The van der Waals surface area contributed by atoms with Crippen molar-refractivity contribution in [2.24, 2.45) is 0 Å². The highest BCUT2D eigenvalue weighted by Gasteiger charge is 2.21. The average Bonchev–Trinajstić information content (AvgIpc) is 3.25. The first-order chi connectivity index (χ1) is 13.9. The molecule has 7 nitrogen and oxygen atoms in total. The SMILES string of the molecule is N#C/C(=C\c1c[nH]c2ccc(C#N)cc12)C(=O)Nc1ccc2c(c1)S(=O)(=O)C=C2. The number of aromatic nitrogens is 1. The lowest BCUT2D eigenvalue weighted by Gasteiger charge is -2.06. The molecule has 0 radical (unpaired) electrons. The molecule has 0 aliphatic carbocycles. The number of benzene rings is 2. The number of aromatic amines is 1. The molecule has 140 valence electrons. The van der Waals surface area contributed by atoms with E-state index >= 15 is 0 Å². The molecule has 0 saturated carbocycles. The van der Waals surface area contributed by atoms with Gasteiger partial charge >= 0.3 is 0 Å². The molecule has 1 amide bonds. The number of hydrogen-bond acceptors (Lipinski definition) is 5. The van der Waals surface area contributed by atoms with Gasteiger partial charge in [0.15, 0.2) is 0 Å². The van der Waals surface area contributed by atoms with Gasteiger partial charge in [0.2, 0.25) is 9.84 Å².